The van der Waals surface area contributed by atoms with E-state index in [0.717, 1.165) is 64.8 Å². The van der Waals surface area contributed by atoms with Gasteiger partial charge in [0.25, 0.3) is 5.56 Å². The van der Waals surface area contributed by atoms with Crippen molar-refractivity contribution in [3.8, 4) is 0 Å². The number of anilines is 2. The number of nitrogens with two attached hydrogens (primary N) is 1. The van der Waals surface area contributed by atoms with Crippen LogP contribution in [0.25, 0.3) is 6.08 Å². The quantitative estimate of drug-likeness (QED) is 0.401. The third-order valence-corrected chi connectivity index (χ3v) is 6.80. The minimum Gasteiger partial charge on any atom is -0.383 e. The fourth-order valence-corrected chi connectivity index (χ4v) is 4.57. The van der Waals surface area contributed by atoms with Crippen molar-refractivity contribution < 1.29 is 4.79 Å². The average molecular weight is 511 g/mol. The number of nitrogens with one attached hydrogen (secondary N) is 1. The average Bonchev–Trinajstić information content (AvgIpc) is 2.89. The number of aromatic nitrogens is 2. The van der Waals surface area contributed by atoms with Crippen molar-refractivity contribution in [1.29, 1.82) is 0 Å². The number of nitrogens with zero attached hydrogens (tertiary/aromatic N) is 4. The first kappa shape index (κ1) is 28.4. The Kier molecular flexibility index (Phi) is 11.2. The minimum atomic E-state index is -0.602. The van der Waals surface area contributed by atoms with Crippen LogP contribution in [0.15, 0.2) is 46.0 Å². The number of amides is 1. The van der Waals surface area contributed by atoms with Crippen molar-refractivity contribution in [3.63, 3.8) is 0 Å². The summed E-state index contributed by atoms with van der Waals surface area (Å²) in [6.07, 6.45) is 8.63. The smallest absolute Gasteiger partial charge is 0.330 e. The van der Waals surface area contributed by atoms with Crippen molar-refractivity contribution in [1.82, 2.24) is 19.4 Å². The molecule has 1 fully saturated rings. The molecule has 1 saturated heterocycles. The lowest BCUT2D eigenvalue weighted by atomic mass is 10.2. The summed E-state index contributed by atoms with van der Waals surface area (Å²) in [4.78, 5) is 47.1. The van der Waals surface area contributed by atoms with Gasteiger partial charge in [-0.2, -0.15) is 0 Å². The molecule has 2 heterocycles. The second kappa shape index (κ2) is 14.5. The maximum Gasteiger partial charge on any atom is 0.330 e. The Balaban J connectivity index is 1.66. The first-order valence-electron chi connectivity index (χ1n) is 13.5. The standard InChI is InChI=1S/C28H42N6O3/c1-3-5-10-17-33(25-26(29)34(16-6-4-2)28(37)30-27(25)36)24(35)22-32-20-18-31(19-21-32)15-11-14-23-12-8-7-9-13-23/h7-9,11-14H,3-6,10,15-22,29H2,1-2H3,(H,30,36,37)/b14-11+. The molecule has 1 amide bonds. The van der Waals surface area contributed by atoms with E-state index in [4.69, 9.17) is 5.73 Å². The highest BCUT2D eigenvalue weighted by atomic mass is 16.2. The highest BCUT2D eigenvalue weighted by Crippen LogP contribution is 2.19. The Morgan fingerprint density at radius 1 is 1.00 bits per heavy atom. The van der Waals surface area contributed by atoms with Crippen molar-refractivity contribution in [2.24, 2.45) is 0 Å². The van der Waals surface area contributed by atoms with E-state index < -0.39 is 11.2 Å². The number of hydrogen-bond acceptors (Lipinski definition) is 6. The molecule has 0 radical (unpaired) electrons. The van der Waals surface area contributed by atoms with Crippen LogP contribution in [0, 0.1) is 0 Å². The van der Waals surface area contributed by atoms with Gasteiger partial charge in [0.15, 0.2) is 5.69 Å². The number of H-pyrrole nitrogens is 1. The SMILES string of the molecule is CCCCCN(C(=O)CN1CCN(C/C=C/c2ccccc2)CC1)c1c(N)n(CCCC)c(=O)[nH]c1=O. The van der Waals surface area contributed by atoms with Crippen molar-refractivity contribution in [2.45, 2.75) is 52.5 Å². The fourth-order valence-electron chi connectivity index (χ4n) is 4.57. The first-order chi connectivity index (χ1) is 17.9. The second-order valence-corrected chi connectivity index (χ2v) is 9.64. The number of unbranched alkanes of at least 4 members (excludes halogenated alkanes) is 3. The molecule has 37 heavy (non-hydrogen) atoms. The molecule has 3 N–H and O–H groups in total. The molecule has 1 aromatic heterocycles. The molecule has 3 rings (SSSR count). The molecule has 0 atom stereocenters. The largest absolute Gasteiger partial charge is 0.383 e. The van der Waals surface area contributed by atoms with Crippen LogP contribution >= 0.6 is 0 Å². The van der Waals surface area contributed by atoms with Gasteiger partial charge < -0.3 is 10.6 Å². The van der Waals surface area contributed by atoms with E-state index in [1.807, 2.05) is 25.1 Å². The highest BCUT2D eigenvalue weighted by molar-refractivity contribution is 5.96. The normalized spacial score (nSPS) is 14.9. The lowest BCUT2D eigenvalue weighted by Gasteiger charge is -2.35. The Labute approximate surface area is 219 Å². The Hall–Kier alpha value is -3.17. The van der Waals surface area contributed by atoms with Gasteiger partial charge in [0.05, 0.1) is 6.54 Å². The molecule has 9 nitrogen and oxygen atoms in total. The monoisotopic (exact) mass is 510 g/mol. The summed E-state index contributed by atoms with van der Waals surface area (Å²) in [5.74, 6) is -0.0894. The Morgan fingerprint density at radius 3 is 2.35 bits per heavy atom. The highest BCUT2D eigenvalue weighted by Gasteiger charge is 2.26. The van der Waals surface area contributed by atoms with E-state index in [0.29, 0.717) is 13.1 Å². The van der Waals surface area contributed by atoms with Gasteiger partial charge in [0.2, 0.25) is 5.91 Å². The van der Waals surface area contributed by atoms with Crippen LogP contribution in [-0.4, -0.2) is 71.1 Å². The van der Waals surface area contributed by atoms with E-state index in [9.17, 15) is 14.4 Å². The van der Waals surface area contributed by atoms with Gasteiger partial charge in [-0.15, -0.1) is 0 Å². The van der Waals surface area contributed by atoms with E-state index in [-0.39, 0.29) is 24.0 Å². The number of hydrogen-bond donors (Lipinski definition) is 2. The van der Waals surface area contributed by atoms with Gasteiger partial charge in [0, 0.05) is 45.8 Å². The van der Waals surface area contributed by atoms with E-state index >= 15 is 0 Å². The summed E-state index contributed by atoms with van der Waals surface area (Å²) in [6.45, 7) is 9.28. The molecule has 2 aromatic rings. The molecular formula is C28H42N6O3. The zero-order valence-corrected chi connectivity index (χ0v) is 22.3. The van der Waals surface area contributed by atoms with E-state index in [1.54, 1.807) is 0 Å². The van der Waals surface area contributed by atoms with Crippen LogP contribution in [0.5, 0.6) is 0 Å². The van der Waals surface area contributed by atoms with Gasteiger partial charge in [-0.1, -0.05) is 75.6 Å². The van der Waals surface area contributed by atoms with Crippen LogP contribution in [0.3, 0.4) is 0 Å². The minimum absolute atomic E-state index is 0.0714. The molecule has 1 aliphatic heterocycles. The Morgan fingerprint density at radius 2 is 1.68 bits per heavy atom. The molecule has 202 valence electrons. The lowest BCUT2D eigenvalue weighted by molar-refractivity contribution is -0.120. The summed E-state index contributed by atoms with van der Waals surface area (Å²) in [5, 5.41) is 0. The zero-order valence-electron chi connectivity index (χ0n) is 22.3. The van der Waals surface area contributed by atoms with Crippen LogP contribution in [-0.2, 0) is 11.3 Å². The zero-order chi connectivity index (χ0) is 26.6. The van der Waals surface area contributed by atoms with E-state index in [2.05, 4.69) is 46.0 Å². The third-order valence-electron chi connectivity index (χ3n) is 6.80. The van der Waals surface area contributed by atoms with Gasteiger partial charge in [-0.05, 0) is 18.4 Å². The molecule has 0 saturated carbocycles. The fraction of sp³-hybridized carbons (Fsp3) is 0.536. The molecule has 1 aliphatic rings. The molecule has 0 unspecified atom stereocenters. The molecule has 0 bridgehead atoms. The number of carbonyl (C=O) groups is 1. The van der Waals surface area contributed by atoms with Crippen LogP contribution < -0.4 is 21.9 Å². The van der Waals surface area contributed by atoms with Crippen molar-refractivity contribution in [2.75, 3.05) is 56.4 Å². The summed E-state index contributed by atoms with van der Waals surface area (Å²) in [7, 11) is 0. The maximum atomic E-state index is 13.5. The molecule has 0 aliphatic carbocycles. The van der Waals surface area contributed by atoms with Gasteiger partial charge in [-0.25, -0.2) is 4.79 Å². The number of aromatic amines is 1. The van der Waals surface area contributed by atoms with Gasteiger partial charge in [-0.3, -0.25) is 28.9 Å². The molecule has 9 heteroatoms. The summed E-state index contributed by atoms with van der Waals surface area (Å²) in [5.41, 5.74) is 6.48. The van der Waals surface area contributed by atoms with Crippen molar-refractivity contribution in [3.05, 3.63) is 62.8 Å². The molecule has 1 aromatic carbocycles. The van der Waals surface area contributed by atoms with Crippen LogP contribution in [0.2, 0.25) is 0 Å². The number of rotatable bonds is 13. The summed E-state index contributed by atoms with van der Waals surface area (Å²) in [6, 6.07) is 10.2. The predicted molar refractivity (Wildman–Crippen MR) is 151 cm³/mol. The molecular weight excluding hydrogens is 468 g/mol. The summed E-state index contributed by atoms with van der Waals surface area (Å²) < 4.78 is 1.38. The topological polar surface area (TPSA) is 108 Å². The second-order valence-electron chi connectivity index (χ2n) is 9.64. The number of benzene rings is 1. The molecule has 0 spiro atoms. The number of carbonyl (C=O) groups excluding carboxylic acids is 1. The summed E-state index contributed by atoms with van der Waals surface area (Å²) >= 11 is 0. The van der Waals surface area contributed by atoms with Gasteiger partial charge >= 0.3 is 5.69 Å². The maximum absolute atomic E-state index is 13.5. The third kappa shape index (κ3) is 8.16. The van der Waals surface area contributed by atoms with Gasteiger partial charge in [0.1, 0.15) is 5.82 Å². The van der Waals surface area contributed by atoms with Crippen LogP contribution in [0.4, 0.5) is 11.5 Å². The lowest BCUT2D eigenvalue weighted by Crippen LogP contribution is -2.51. The van der Waals surface area contributed by atoms with Crippen molar-refractivity contribution >= 4 is 23.5 Å². The van der Waals surface area contributed by atoms with E-state index in [1.165, 1.54) is 15.0 Å². The number of piperazine rings is 1. The van der Waals surface area contributed by atoms with Crippen LogP contribution in [0.1, 0.15) is 51.5 Å². The first-order valence-corrected chi connectivity index (χ1v) is 13.5. The number of nitrogen functional groups attached to an aromatic ring is 1. The Bertz CT molecular complexity index is 1130. The predicted octanol–water partition coefficient (Wildman–Crippen LogP) is 2.77.